The third-order valence-electron chi connectivity index (χ3n) is 2.55. The lowest BCUT2D eigenvalue weighted by Crippen LogP contribution is -2.14. The van der Waals surface area contributed by atoms with Gasteiger partial charge in [-0.05, 0) is 30.9 Å². The number of hydrogen-bond acceptors (Lipinski definition) is 1. The maximum absolute atomic E-state index is 9.03. The maximum atomic E-state index is 9.03. The Morgan fingerprint density at radius 2 is 1.93 bits per heavy atom. The Morgan fingerprint density at radius 1 is 1.29 bits per heavy atom. The number of benzene rings is 1. The minimum absolute atomic E-state index is 0.384. The highest BCUT2D eigenvalue weighted by atomic mass is 14.3. The van der Waals surface area contributed by atoms with Crippen LogP contribution in [0.15, 0.2) is 24.3 Å². The molecule has 1 aromatic carbocycles. The summed E-state index contributed by atoms with van der Waals surface area (Å²) in [5, 5.41) is 9.03. The zero-order valence-corrected chi connectivity index (χ0v) is 9.33. The van der Waals surface area contributed by atoms with E-state index in [0.29, 0.717) is 5.92 Å². The fraction of sp³-hybridized carbons (Fsp3) is 0.462. The predicted molar refractivity (Wildman–Crippen MR) is 59.2 cm³/mol. The topological polar surface area (TPSA) is 23.8 Å². The Bertz CT molecular complexity index is 356. The second-order valence-corrected chi connectivity index (χ2v) is 4.52. The molecule has 1 nitrogen and oxygen atoms in total. The summed E-state index contributed by atoms with van der Waals surface area (Å²) in [5.74, 6) is 0.518. The quantitative estimate of drug-likeness (QED) is 0.693. The van der Waals surface area contributed by atoms with Gasteiger partial charge >= 0.3 is 0 Å². The van der Waals surface area contributed by atoms with Gasteiger partial charge in [0, 0.05) is 0 Å². The number of nitrogens with zero attached hydrogens (tertiary/aromatic N) is 1. The molecule has 0 fully saturated rings. The van der Waals surface area contributed by atoms with E-state index in [-0.39, 0.29) is 5.41 Å². The van der Waals surface area contributed by atoms with Gasteiger partial charge in [0.2, 0.25) is 0 Å². The molecule has 74 valence electrons. The van der Waals surface area contributed by atoms with Gasteiger partial charge in [0.15, 0.2) is 0 Å². The van der Waals surface area contributed by atoms with Gasteiger partial charge in [0.05, 0.1) is 11.5 Å². The van der Waals surface area contributed by atoms with E-state index < -0.39 is 0 Å². The van der Waals surface area contributed by atoms with Crippen molar-refractivity contribution in [3.05, 3.63) is 35.4 Å². The molecular formula is C13H17N. The van der Waals surface area contributed by atoms with Gasteiger partial charge in [-0.1, -0.05) is 38.1 Å². The lowest BCUT2D eigenvalue weighted by atomic mass is 9.84. The monoisotopic (exact) mass is 187 g/mol. The normalized spacial score (nSPS) is 11.4. The molecule has 0 saturated carbocycles. The average Bonchev–Trinajstić information content (AvgIpc) is 2.18. The summed E-state index contributed by atoms with van der Waals surface area (Å²) in [7, 11) is 0. The fourth-order valence-electron chi connectivity index (χ4n) is 1.35. The molecule has 0 spiro atoms. The van der Waals surface area contributed by atoms with Crippen molar-refractivity contribution in [2.75, 3.05) is 0 Å². The lowest BCUT2D eigenvalue weighted by Gasteiger charge is -2.17. The first-order valence-electron chi connectivity index (χ1n) is 4.99. The van der Waals surface area contributed by atoms with Gasteiger partial charge in [-0.2, -0.15) is 5.26 Å². The molecule has 0 radical (unpaired) electrons. The van der Waals surface area contributed by atoms with Crippen molar-refractivity contribution in [3.63, 3.8) is 0 Å². The molecule has 0 atom stereocenters. The van der Waals surface area contributed by atoms with E-state index in [1.807, 2.05) is 26.0 Å². The Kier molecular flexibility index (Phi) is 2.96. The van der Waals surface area contributed by atoms with E-state index in [1.165, 1.54) is 5.56 Å². The van der Waals surface area contributed by atoms with Crippen molar-refractivity contribution in [2.24, 2.45) is 0 Å². The smallest absolute Gasteiger partial charge is 0.0766 e. The van der Waals surface area contributed by atoms with Gasteiger partial charge in [-0.3, -0.25) is 0 Å². The molecule has 14 heavy (non-hydrogen) atoms. The highest BCUT2D eigenvalue weighted by Gasteiger charge is 2.19. The maximum Gasteiger partial charge on any atom is 0.0766 e. The van der Waals surface area contributed by atoms with Crippen LogP contribution in [0.4, 0.5) is 0 Å². The summed E-state index contributed by atoms with van der Waals surface area (Å²) >= 11 is 0. The molecular weight excluding hydrogens is 170 g/mol. The zero-order chi connectivity index (χ0) is 10.8. The second-order valence-electron chi connectivity index (χ2n) is 4.52. The molecule has 1 heteroatoms. The first kappa shape index (κ1) is 10.8. The summed E-state index contributed by atoms with van der Waals surface area (Å²) in [4.78, 5) is 0. The zero-order valence-electron chi connectivity index (χ0n) is 9.33. The molecule has 0 aliphatic rings. The number of hydrogen-bond donors (Lipinski definition) is 0. The molecule has 1 aromatic rings. The molecule has 1 rings (SSSR count). The Balaban J connectivity index is 3.14. The van der Waals surface area contributed by atoms with Crippen molar-refractivity contribution >= 4 is 0 Å². The summed E-state index contributed by atoms with van der Waals surface area (Å²) in [6.45, 7) is 8.23. The SMILES string of the molecule is CC(C)c1cccc(C(C)(C)C#N)c1. The van der Waals surface area contributed by atoms with E-state index in [2.05, 4.69) is 32.0 Å². The summed E-state index contributed by atoms with van der Waals surface area (Å²) in [6, 6.07) is 10.6. The molecule has 0 aliphatic heterocycles. The lowest BCUT2D eigenvalue weighted by molar-refractivity contribution is 0.683. The first-order chi connectivity index (χ1) is 6.47. The van der Waals surface area contributed by atoms with Gasteiger partial charge in [0.25, 0.3) is 0 Å². The molecule has 0 saturated heterocycles. The van der Waals surface area contributed by atoms with Gasteiger partial charge < -0.3 is 0 Å². The average molecular weight is 187 g/mol. The van der Waals surface area contributed by atoms with Gasteiger partial charge in [0.1, 0.15) is 0 Å². The van der Waals surface area contributed by atoms with E-state index in [9.17, 15) is 0 Å². The standard InChI is InChI=1S/C13H17N/c1-10(2)11-6-5-7-12(8-11)13(3,4)9-14/h5-8,10H,1-4H3. The van der Waals surface area contributed by atoms with E-state index >= 15 is 0 Å². The van der Waals surface area contributed by atoms with Crippen molar-refractivity contribution < 1.29 is 0 Å². The molecule has 0 amide bonds. The molecule has 0 unspecified atom stereocenters. The minimum Gasteiger partial charge on any atom is -0.197 e. The van der Waals surface area contributed by atoms with Crippen molar-refractivity contribution in [2.45, 2.75) is 39.0 Å². The van der Waals surface area contributed by atoms with Crippen LogP contribution >= 0.6 is 0 Å². The molecule has 0 heterocycles. The van der Waals surface area contributed by atoms with Crippen LogP contribution < -0.4 is 0 Å². The second kappa shape index (κ2) is 3.84. The van der Waals surface area contributed by atoms with Gasteiger partial charge in [-0.25, -0.2) is 0 Å². The Hall–Kier alpha value is -1.29. The summed E-state index contributed by atoms with van der Waals surface area (Å²) in [5.41, 5.74) is 2.02. The minimum atomic E-state index is -0.384. The third-order valence-corrected chi connectivity index (χ3v) is 2.55. The van der Waals surface area contributed by atoms with Crippen molar-refractivity contribution in [1.29, 1.82) is 5.26 Å². The van der Waals surface area contributed by atoms with Crippen LogP contribution in [0.5, 0.6) is 0 Å². The summed E-state index contributed by atoms with van der Waals surface area (Å²) < 4.78 is 0. The molecule has 0 aromatic heterocycles. The Labute approximate surface area is 86.4 Å². The number of nitriles is 1. The fourth-order valence-corrected chi connectivity index (χ4v) is 1.35. The van der Waals surface area contributed by atoms with Crippen molar-refractivity contribution in [1.82, 2.24) is 0 Å². The van der Waals surface area contributed by atoms with E-state index in [4.69, 9.17) is 5.26 Å². The van der Waals surface area contributed by atoms with E-state index in [0.717, 1.165) is 5.56 Å². The Morgan fingerprint density at radius 3 is 2.43 bits per heavy atom. The van der Waals surface area contributed by atoms with Crippen LogP contribution in [0.1, 0.15) is 44.7 Å². The van der Waals surface area contributed by atoms with Crippen LogP contribution in [0, 0.1) is 11.3 Å². The van der Waals surface area contributed by atoms with Crippen LogP contribution in [0.25, 0.3) is 0 Å². The van der Waals surface area contributed by atoms with Crippen LogP contribution in [-0.4, -0.2) is 0 Å². The molecule has 0 N–H and O–H groups in total. The highest BCUT2D eigenvalue weighted by molar-refractivity contribution is 5.34. The van der Waals surface area contributed by atoms with Crippen LogP contribution in [-0.2, 0) is 5.41 Å². The predicted octanol–water partition coefficient (Wildman–Crippen LogP) is 3.61. The number of rotatable bonds is 2. The van der Waals surface area contributed by atoms with Gasteiger partial charge in [-0.15, -0.1) is 0 Å². The first-order valence-corrected chi connectivity index (χ1v) is 4.99. The molecule has 0 bridgehead atoms. The van der Waals surface area contributed by atoms with Crippen LogP contribution in [0.3, 0.4) is 0 Å². The van der Waals surface area contributed by atoms with Crippen molar-refractivity contribution in [3.8, 4) is 6.07 Å². The largest absolute Gasteiger partial charge is 0.197 e. The van der Waals surface area contributed by atoms with E-state index in [1.54, 1.807) is 0 Å². The third kappa shape index (κ3) is 2.14. The molecule has 0 aliphatic carbocycles. The van der Waals surface area contributed by atoms with Crippen LogP contribution in [0.2, 0.25) is 0 Å². The highest BCUT2D eigenvalue weighted by Crippen LogP contribution is 2.25. The summed E-state index contributed by atoms with van der Waals surface area (Å²) in [6.07, 6.45) is 0.